The van der Waals surface area contributed by atoms with Gasteiger partial charge in [0, 0.05) is 10.9 Å². The lowest BCUT2D eigenvalue weighted by molar-refractivity contribution is -0.136. The molecule has 0 saturated carbocycles. The van der Waals surface area contributed by atoms with Crippen LogP contribution in [0.4, 0.5) is 0 Å². The van der Waals surface area contributed by atoms with Crippen molar-refractivity contribution in [2.45, 2.75) is 6.42 Å². The molecule has 0 saturated heterocycles. The van der Waals surface area contributed by atoms with Crippen LogP contribution in [0, 0.1) is 0 Å². The van der Waals surface area contributed by atoms with Gasteiger partial charge in [-0.2, -0.15) is 0 Å². The van der Waals surface area contributed by atoms with E-state index in [1.54, 1.807) is 18.2 Å². The summed E-state index contributed by atoms with van der Waals surface area (Å²) >= 11 is 0. The smallest absolute Gasteiger partial charge is 0.308 e. The van der Waals surface area contributed by atoms with E-state index in [2.05, 4.69) is 0 Å². The fourth-order valence-corrected chi connectivity index (χ4v) is 1.85. The van der Waals surface area contributed by atoms with Gasteiger partial charge >= 0.3 is 5.97 Å². The first-order valence-corrected chi connectivity index (χ1v) is 5.26. The Labute approximate surface area is 103 Å². The number of aliphatic carboxylic acids is 1. The maximum absolute atomic E-state index is 10.7. The molecular weight excluding hydrogens is 236 g/mol. The minimum atomic E-state index is -1.12. The topological polar surface area (TPSA) is 87.0 Å². The number of ether oxygens (including phenoxy) is 1. The van der Waals surface area contributed by atoms with E-state index in [0.29, 0.717) is 16.5 Å². The summed E-state index contributed by atoms with van der Waals surface area (Å²) < 4.78 is 5.04. The Balaban J connectivity index is 2.66. The maximum Gasteiger partial charge on any atom is 0.308 e. The van der Waals surface area contributed by atoms with Gasteiger partial charge in [-0.05, 0) is 29.7 Å². The molecule has 3 N–H and O–H groups in total. The Kier molecular flexibility index (Phi) is 2.97. The van der Waals surface area contributed by atoms with Crippen LogP contribution in [-0.4, -0.2) is 28.4 Å². The van der Waals surface area contributed by atoms with Gasteiger partial charge in [-0.15, -0.1) is 0 Å². The van der Waals surface area contributed by atoms with Gasteiger partial charge in [0.1, 0.15) is 17.2 Å². The second-order valence-electron chi connectivity index (χ2n) is 3.88. The SMILES string of the molecule is COc1ccc2c(O)c(CC(=O)O)c(O)cc2c1. The van der Waals surface area contributed by atoms with Crippen LogP contribution in [0.3, 0.4) is 0 Å². The molecule has 0 atom stereocenters. The van der Waals surface area contributed by atoms with Crippen molar-refractivity contribution in [1.29, 1.82) is 0 Å². The molecule has 0 radical (unpaired) electrons. The molecule has 0 aromatic heterocycles. The van der Waals surface area contributed by atoms with E-state index in [9.17, 15) is 15.0 Å². The molecule has 2 aromatic rings. The van der Waals surface area contributed by atoms with Crippen LogP contribution in [-0.2, 0) is 11.2 Å². The van der Waals surface area contributed by atoms with E-state index in [0.717, 1.165) is 0 Å². The van der Waals surface area contributed by atoms with E-state index in [1.165, 1.54) is 13.2 Å². The van der Waals surface area contributed by atoms with Crippen molar-refractivity contribution in [3.8, 4) is 17.2 Å². The molecule has 0 aliphatic rings. The predicted octanol–water partition coefficient (Wildman–Crippen LogP) is 1.89. The summed E-state index contributed by atoms with van der Waals surface area (Å²) in [5.41, 5.74) is 0.0140. The Bertz CT molecular complexity index is 618. The molecule has 5 heteroatoms. The number of carboxylic acid groups (broad SMARTS) is 1. The highest BCUT2D eigenvalue weighted by molar-refractivity contribution is 5.93. The molecule has 0 aliphatic heterocycles. The van der Waals surface area contributed by atoms with Crippen molar-refractivity contribution in [3.63, 3.8) is 0 Å². The van der Waals surface area contributed by atoms with Crippen molar-refractivity contribution in [2.75, 3.05) is 7.11 Å². The minimum Gasteiger partial charge on any atom is -0.507 e. The molecule has 94 valence electrons. The molecule has 0 unspecified atom stereocenters. The molecular formula is C13H12O5. The van der Waals surface area contributed by atoms with Crippen LogP contribution in [0.5, 0.6) is 17.2 Å². The summed E-state index contributed by atoms with van der Waals surface area (Å²) in [4.78, 5) is 10.7. The fourth-order valence-electron chi connectivity index (χ4n) is 1.85. The molecule has 0 aliphatic carbocycles. The van der Waals surface area contributed by atoms with E-state index < -0.39 is 12.4 Å². The average molecular weight is 248 g/mol. The zero-order chi connectivity index (χ0) is 13.3. The standard InChI is InChI=1S/C13H12O5/c1-18-8-2-3-9-7(4-8)5-11(14)10(13(9)17)6-12(15)16/h2-5,14,17H,6H2,1H3,(H,15,16). The number of hydrogen-bond donors (Lipinski definition) is 3. The zero-order valence-electron chi connectivity index (χ0n) is 9.67. The van der Waals surface area contributed by atoms with Gasteiger partial charge in [0.15, 0.2) is 0 Å². The molecule has 0 spiro atoms. The lowest BCUT2D eigenvalue weighted by Crippen LogP contribution is -2.01. The van der Waals surface area contributed by atoms with Gasteiger partial charge in [0.05, 0.1) is 13.5 Å². The van der Waals surface area contributed by atoms with Gasteiger partial charge in [0.25, 0.3) is 0 Å². The lowest BCUT2D eigenvalue weighted by atomic mass is 10.0. The summed E-state index contributed by atoms with van der Waals surface area (Å²) in [6.45, 7) is 0. The third-order valence-electron chi connectivity index (χ3n) is 2.73. The van der Waals surface area contributed by atoms with Gasteiger partial charge in [0.2, 0.25) is 0 Å². The van der Waals surface area contributed by atoms with Crippen molar-refractivity contribution in [1.82, 2.24) is 0 Å². The van der Waals surface area contributed by atoms with Crippen molar-refractivity contribution in [2.24, 2.45) is 0 Å². The lowest BCUT2D eigenvalue weighted by Gasteiger charge is -2.10. The summed E-state index contributed by atoms with van der Waals surface area (Å²) in [5.74, 6) is -0.980. The Hall–Kier alpha value is -2.43. The molecule has 2 rings (SSSR count). The zero-order valence-corrected chi connectivity index (χ0v) is 9.67. The number of aromatic hydroxyl groups is 2. The van der Waals surface area contributed by atoms with Crippen LogP contribution in [0.25, 0.3) is 10.8 Å². The van der Waals surface area contributed by atoms with E-state index in [1.807, 2.05) is 0 Å². The number of benzene rings is 2. The predicted molar refractivity (Wildman–Crippen MR) is 65.2 cm³/mol. The third-order valence-corrected chi connectivity index (χ3v) is 2.73. The number of methoxy groups -OCH3 is 1. The Morgan fingerprint density at radius 3 is 2.61 bits per heavy atom. The van der Waals surface area contributed by atoms with Crippen LogP contribution >= 0.6 is 0 Å². The quantitative estimate of drug-likeness (QED) is 0.772. The molecule has 18 heavy (non-hydrogen) atoms. The number of fused-ring (bicyclic) bond motifs is 1. The number of rotatable bonds is 3. The number of phenols is 2. The van der Waals surface area contributed by atoms with E-state index in [4.69, 9.17) is 9.84 Å². The van der Waals surface area contributed by atoms with Crippen LogP contribution < -0.4 is 4.74 Å². The second-order valence-corrected chi connectivity index (χ2v) is 3.88. The molecule has 2 aromatic carbocycles. The second kappa shape index (κ2) is 4.44. The van der Waals surface area contributed by atoms with Crippen molar-refractivity contribution >= 4 is 16.7 Å². The van der Waals surface area contributed by atoms with E-state index >= 15 is 0 Å². The molecule has 0 amide bonds. The highest BCUT2D eigenvalue weighted by Crippen LogP contribution is 2.37. The highest BCUT2D eigenvalue weighted by atomic mass is 16.5. The van der Waals surface area contributed by atoms with Gasteiger partial charge < -0.3 is 20.1 Å². The summed E-state index contributed by atoms with van der Waals surface area (Å²) in [6, 6.07) is 6.34. The monoisotopic (exact) mass is 248 g/mol. The number of hydrogen-bond acceptors (Lipinski definition) is 4. The number of carboxylic acids is 1. The fraction of sp³-hybridized carbons (Fsp3) is 0.154. The first-order chi connectivity index (χ1) is 8.52. The summed E-state index contributed by atoms with van der Waals surface area (Å²) in [5, 5.41) is 29.5. The normalized spacial score (nSPS) is 10.5. The average Bonchev–Trinajstić information content (AvgIpc) is 2.33. The van der Waals surface area contributed by atoms with Crippen molar-refractivity contribution in [3.05, 3.63) is 29.8 Å². The molecule has 0 bridgehead atoms. The van der Waals surface area contributed by atoms with E-state index in [-0.39, 0.29) is 17.1 Å². The molecule has 0 heterocycles. The maximum atomic E-state index is 10.7. The largest absolute Gasteiger partial charge is 0.507 e. The number of carbonyl (C=O) groups is 1. The molecule has 0 fully saturated rings. The first-order valence-electron chi connectivity index (χ1n) is 5.26. The highest BCUT2D eigenvalue weighted by Gasteiger charge is 2.15. The first kappa shape index (κ1) is 12.0. The Morgan fingerprint density at radius 1 is 1.28 bits per heavy atom. The van der Waals surface area contributed by atoms with Gasteiger partial charge in [-0.3, -0.25) is 4.79 Å². The summed E-state index contributed by atoms with van der Waals surface area (Å²) in [7, 11) is 1.51. The Morgan fingerprint density at radius 2 is 2.00 bits per heavy atom. The van der Waals surface area contributed by atoms with Gasteiger partial charge in [-0.1, -0.05) is 0 Å². The minimum absolute atomic E-state index is 0.0140. The molecule has 5 nitrogen and oxygen atoms in total. The van der Waals surface area contributed by atoms with Crippen LogP contribution in [0.2, 0.25) is 0 Å². The van der Waals surface area contributed by atoms with Crippen LogP contribution in [0.1, 0.15) is 5.56 Å². The van der Waals surface area contributed by atoms with Crippen molar-refractivity contribution < 1.29 is 24.9 Å². The van der Waals surface area contributed by atoms with Crippen LogP contribution in [0.15, 0.2) is 24.3 Å². The van der Waals surface area contributed by atoms with Gasteiger partial charge in [-0.25, -0.2) is 0 Å². The number of phenolic OH excluding ortho intramolecular Hbond substituents is 2. The third kappa shape index (κ3) is 2.02. The summed E-state index contributed by atoms with van der Waals surface area (Å²) in [6.07, 6.45) is -0.431.